The van der Waals surface area contributed by atoms with E-state index < -0.39 is 11.9 Å². The zero-order valence-corrected chi connectivity index (χ0v) is 12.0. The Morgan fingerprint density at radius 2 is 1.73 bits per heavy atom. The van der Waals surface area contributed by atoms with Crippen LogP contribution in [0.2, 0.25) is 0 Å². The van der Waals surface area contributed by atoms with Gasteiger partial charge in [0.25, 0.3) is 0 Å². The summed E-state index contributed by atoms with van der Waals surface area (Å²) in [6, 6.07) is 4.22. The fourth-order valence-electron chi connectivity index (χ4n) is 2.52. The predicted molar refractivity (Wildman–Crippen MR) is 72.5 cm³/mol. The van der Waals surface area contributed by atoms with Crippen LogP contribution < -0.4 is 9.47 Å². The summed E-state index contributed by atoms with van der Waals surface area (Å²) >= 11 is 0. The number of halogens is 2. The fourth-order valence-corrected chi connectivity index (χ4v) is 2.52. The Hall–Kier alpha value is -2.28. The third-order valence-electron chi connectivity index (χ3n) is 3.68. The molecule has 0 spiro atoms. The van der Waals surface area contributed by atoms with Crippen molar-refractivity contribution in [1.29, 1.82) is 0 Å². The van der Waals surface area contributed by atoms with E-state index in [0.717, 1.165) is 0 Å². The summed E-state index contributed by atoms with van der Waals surface area (Å²) in [5.41, 5.74) is -0.565. The first-order chi connectivity index (χ1) is 10.3. The molecule has 22 heavy (non-hydrogen) atoms. The van der Waals surface area contributed by atoms with Gasteiger partial charge in [0, 0.05) is 18.0 Å². The highest BCUT2D eigenvalue weighted by Gasteiger charge is 2.45. The van der Waals surface area contributed by atoms with E-state index in [-0.39, 0.29) is 17.4 Å². The van der Waals surface area contributed by atoms with Crippen LogP contribution in [0.3, 0.4) is 0 Å². The number of hydrogen-bond donors (Lipinski definition) is 1. The molecule has 0 bridgehead atoms. The van der Waals surface area contributed by atoms with E-state index in [0.29, 0.717) is 11.1 Å². The lowest BCUT2D eigenvalue weighted by Gasteiger charge is -2.32. The maximum Gasteiger partial charge on any atom is 0.586 e. The molecule has 7 heteroatoms. The summed E-state index contributed by atoms with van der Waals surface area (Å²) in [5, 5.41) is 11.1. The van der Waals surface area contributed by atoms with Crippen molar-refractivity contribution in [1.82, 2.24) is 9.97 Å². The van der Waals surface area contributed by atoms with E-state index in [9.17, 15) is 13.9 Å². The molecule has 0 radical (unpaired) electrons. The number of ether oxygens (including phenoxy) is 2. The molecule has 2 aromatic rings. The Bertz CT molecular complexity index is 694. The van der Waals surface area contributed by atoms with Gasteiger partial charge in [-0.25, -0.2) is 9.97 Å². The van der Waals surface area contributed by atoms with E-state index >= 15 is 0 Å². The minimum Gasteiger partial charge on any atom is -0.395 e. The SMILES string of the molecule is CC(C)C(O)(c1cncnc1)c1ccc2c(c1)OC(F)(F)O2. The molecule has 0 saturated carbocycles. The summed E-state index contributed by atoms with van der Waals surface area (Å²) < 4.78 is 35.1. The maximum atomic E-state index is 13.1. The summed E-state index contributed by atoms with van der Waals surface area (Å²) in [7, 11) is 0. The zero-order chi connectivity index (χ0) is 16.0. The number of aliphatic hydroxyl groups is 1. The Labute approximate surface area is 125 Å². The smallest absolute Gasteiger partial charge is 0.395 e. The lowest BCUT2D eigenvalue weighted by Crippen LogP contribution is -2.33. The lowest BCUT2D eigenvalue weighted by atomic mass is 9.79. The number of rotatable bonds is 3. The highest BCUT2D eigenvalue weighted by atomic mass is 19.3. The first-order valence-corrected chi connectivity index (χ1v) is 6.71. The van der Waals surface area contributed by atoms with Gasteiger partial charge in [0.2, 0.25) is 0 Å². The molecule has 5 nitrogen and oxygen atoms in total. The van der Waals surface area contributed by atoms with E-state index in [1.54, 1.807) is 0 Å². The molecule has 1 unspecified atom stereocenters. The normalized spacial score (nSPS) is 18.3. The van der Waals surface area contributed by atoms with Gasteiger partial charge in [0.05, 0.1) is 0 Å². The number of nitrogens with zero attached hydrogens (tertiary/aromatic N) is 2. The molecule has 116 valence electrons. The molecule has 2 heterocycles. The average molecular weight is 308 g/mol. The van der Waals surface area contributed by atoms with E-state index in [1.807, 2.05) is 13.8 Å². The van der Waals surface area contributed by atoms with Crippen molar-refractivity contribution in [2.45, 2.75) is 25.7 Å². The van der Waals surface area contributed by atoms with Crippen molar-refractivity contribution >= 4 is 0 Å². The summed E-state index contributed by atoms with van der Waals surface area (Å²) in [4.78, 5) is 7.81. The molecule has 0 aliphatic carbocycles. The maximum absolute atomic E-state index is 13.1. The topological polar surface area (TPSA) is 64.5 Å². The Morgan fingerprint density at radius 3 is 2.36 bits per heavy atom. The first-order valence-electron chi connectivity index (χ1n) is 6.71. The van der Waals surface area contributed by atoms with E-state index in [1.165, 1.54) is 36.9 Å². The summed E-state index contributed by atoms with van der Waals surface area (Å²) in [5.74, 6) is -0.429. The number of benzene rings is 1. The van der Waals surface area contributed by atoms with Crippen molar-refractivity contribution in [2.75, 3.05) is 0 Å². The Morgan fingerprint density at radius 1 is 1.09 bits per heavy atom. The van der Waals surface area contributed by atoms with E-state index in [4.69, 9.17) is 0 Å². The van der Waals surface area contributed by atoms with Crippen LogP contribution in [0.4, 0.5) is 8.78 Å². The van der Waals surface area contributed by atoms with Crippen molar-refractivity contribution < 1.29 is 23.4 Å². The monoisotopic (exact) mass is 308 g/mol. The van der Waals surface area contributed by atoms with Crippen molar-refractivity contribution in [3.63, 3.8) is 0 Å². The minimum atomic E-state index is -3.69. The summed E-state index contributed by atoms with van der Waals surface area (Å²) in [6.07, 6.45) is 0.648. The van der Waals surface area contributed by atoms with Gasteiger partial charge >= 0.3 is 6.29 Å². The van der Waals surface area contributed by atoms with Crippen LogP contribution in [0, 0.1) is 5.92 Å². The molecule has 1 aromatic carbocycles. The zero-order valence-electron chi connectivity index (χ0n) is 12.0. The molecule has 0 saturated heterocycles. The molecule has 0 fully saturated rings. The van der Waals surface area contributed by atoms with Gasteiger partial charge in [-0.3, -0.25) is 0 Å². The average Bonchev–Trinajstić information content (AvgIpc) is 2.79. The van der Waals surface area contributed by atoms with Gasteiger partial charge in [-0.05, 0) is 23.6 Å². The summed E-state index contributed by atoms with van der Waals surface area (Å²) in [6.45, 7) is 3.62. The number of fused-ring (bicyclic) bond motifs is 1. The number of hydrogen-bond acceptors (Lipinski definition) is 5. The van der Waals surface area contributed by atoms with Crippen LogP contribution in [0.5, 0.6) is 11.5 Å². The number of alkyl halides is 2. The second kappa shape index (κ2) is 4.88. The molecular formula is C15H14F2N2O3. The quantitative estimate of drug-likeness (QED) is 0.944. The molecular weight excluding hydrogens is 294 g/mol. The van der Waals surface area contributed by atoms with Gasteiger partial charge in [0.15, 0.2) is 11.5 Å². The first kappa shape index (κ1) is 14.6. The molecule has 1 aliphatic rings. The van der Waals surface area contributed by atoms with Gasteiger partial charge in [-0.2, -0.15) is 0 Å². The Balaban J connectivity index is 2.09. The molecule has 3 rings (SSSR count). The minimum absolute atomic E-state index is 0.0656. The van der Waals surface area contributed by atoms with Crippen LogP contribution in [0.1, 0.15) is 25.0 Å². The van der Waals surface area contributed by atoms with Gasteiger partial charge in [-0.1, -0.05) is 19.9 Å². The highest BCUT2D eigenvalue weighted by molar-refractivity contribution is 5.48. The molecule has 1 atom stereocenters. The van der Waals surface area contributed by atoms with Gasteiger partial charge < -0.3 is 14.6 Å². The van der Waals surface area contributed by atoms with Gasteiger partial charge in [0.1, 0.15) is 11.9 Å². The Kier molecular flexibility index (Phi) is 3.25. The van der Waals surface area contributed by atoms with Crippen molar-refractivity contribution in [3.05, 3.63) is 48.0 Å². The molecule has 1 N–H and O–H groups in total. The van der Waals surface area contributed by atoms with Crippen LogP contribution in [0.15, 0.2) is 36.9 Å². The largest absolute Gasteiger partial charge is 0.586 e. The second-order valence-corrected chi connectivity index (χ2v) is 5.38. The van der Waals surface area contributed by atoms with Crippen molar-refractivity contribution in [3.8, 4) is 11.5 Å². The van der Waals surface area contributed by atoms with Crippen LogP contribution >= 0.6 is 0 Å². The third-order valence-corrected chi connectivity index (χ3v) is 3.68. The molecule has 0 amide bonds. The molecule has 1 aromatic heterocycles. The third kappa shape index (κ3) is 2.27. The predicted octanol–water partition coefficient (Wildman–Crippen LogP) is 2.69. The van der Waals surface area contributed by atoms with Crippen molar-refractivity contribution in [2.24, 2.45) is 5.92 Å². The van der Waals surface area contributed by atoms with Crippen LogP contribution in [-0.2, 0) is 5.60 Å². The van der Waals surface area contributed by atoms with Gasteiger partial charge in [-0.15, -0.1) is 8.78 Å². The van der Waals surface area contributed by atoms with E-state index in [2.05, 4.69) is 19.4 Å². The second-order valence-electron chi connectivity index (χ2n) is 5.38. The van der Waals surface area contributed by atoms with Crippen LogP contribution in [-0.4, -0.2) is 21.4 Å². The standard InChI is InChI=1S/C15H14F2N2O3/c1-9(2)14(20,11-6-18-8-19-7-11)10-3-4-12-13(5-10)22-15(16,17)21-12/h3-9,20H,1-2H3. The molecule has 1 aliphatic heterocycles. The fraction of sp³-hybridized carbons (Fsp3) is 0.333. The lowest BCUT2D eigenvalue weighted by molar-refractivity contribution is -0.286. The highest BCUT2D eigenvalue weighted by Crippen LogP contribution is 2.45. The van der Waals surface area contributed by atoms with Crippen LogP contribution in [0.25, 0.3) is 0 Å². The number of aromatic nitrogens is 2.